The first kappa shape index (κ1) is 10.9. The van der Waals surface area contributed by atoms with Gasteiger partial charge in [-0.25, -0.2) is 4.39 Å². The van der Waals surface area contributed by atoms with Gasteiger partial charge in [-0.3, -0.25) is 0 Å². The summed E-state index contributed by atoms with van der Waals surface area (Å²) < 4.78 is 12.9. The maximum atomic E-state index is 12.9. The van der Waals surface area contributed by atoms with Gasteiger partial charge in [-0.15, -0.1) is 0 Å². The molecular formula is C10H13FN2S. The first-order chi connectivity index (χ1) is 6.65. The monoisotopic (exact) mass is 212 g/mol. The second-order valence-electron chi connectivity index (χ2n) is 2.98. The van der Waals surface area contributed by atoms with Gasteiger partial charge in [-0.1, -0.05) is 19.1 Å². The van der Waals surface area contributed by atoms with Gasteiger partial charge in [0.2, 0.25) is 0 Å². The molecule has 14 heavy (non-hydrogen) atoms. The van der Waals surface area contributed by atoms with Crippen LogP contribution in [0.4, 0.5) is 10.1 Å². The van der Waals surface area contributed by atoms with Crippen molar-refractivity contribution in [3.8, 4) is 0 Å². The molecule has 0 amide bonds. The zero-order valence-corrected chi connectivity index (χ0v) is 8.83. The van der Waals surface area contributed by atoms with E-state index in [1.54, 1.807) is 6.07 Å². The Kier molecular flexibility index (Phi) is 3.83. The molecule has 0 saturated heterocycles. The third kappa shape index (κ3) is 2.67. The van der Waals surface area contributed by atoms with Gasteiger partial charge in [0.25, 0.3) is 0 Å². The molecule has 0 saturated carbocycles. The Morgan fingerprint density at radius 2 is 2.29 bits per heavy atom. The Morgan fingerprint density at radius 3 is 2.86 bits per heavy atom. The fraction of sp³-hybridized carbons (Fsp3) is 0.300. The third-order valence-electron chi connectivity index (χ3n) is 1.81. The molecule has 0 atom stereocenters. The van der Waals surface area contributed by atoms with Crippen molar-refractivity contribution in [3.05, 3.63) is 29.6 Å². The van der Waals surface area contributed by atoms with E-state index in [0.29, 0.717) is 5.56 Å². The minimum absolute atomic E-state index is 0.211. The highest BCUT2D eigenvalue weighted by Gasteiger charge is 2.05. The summed E-state index contributed by atoms with van der Waals surface area (Å²) in [5, 5.41) is 3.14. The first-order valence-corrected chi connectivity index (χ1v) is 4.89. The molecule has 0 aliphatic rings. The smallest absolute Gasteiger partial charge is 0.124 e. The topological polar surface area (TPSA) is 38.0 Å². The van der Waals surface area contributed by atoms with Crippen LogP contribution in [0.25, 0.3) is 0 Å². The van der Waals surface area contributed by atoms with E-state index in [-0.39, 0.29) is 10.8 Å². The molecule has 2 nitrogen and oxygen atoms in total. The van der Waals surface area contributed by atoms with Crippen molar-refractivity contribution >= 4 is 22.9 Å². The minimum Gasteiger partial charge on any atom is -0.389 e. The Balaban J connectivity index is 2.96. The van der Waals surface area contributed by atoms with E-state index < -0.39 is 0 Å². The number of thiocarbonyl (C=S) groups is 1. The molecule has 0 aliphatic carbocycles. The molecule has 1 rings (SSSR count). The third-order valence-corrected chi connectivity index (χ3v) is 2.03. The molecule has 76 valence electrons. The van der Waals surface area contributed by atoms with E-state index in [4.69, 9.17) is 18.0 Å². The zero-order valence-electron chi connectivity index (χ0n) is 8.01. The van der Waals surface area contributed by atoms with E-state index in [1.807, 2.05) is 0 Å². The SMILES string of the molecule is CCCNc1ccc(F)cc1C(N)=S. The van der Waals surface area contributed by atoms with Gasteiger partial charge < -0.3 is 11.1 Å². The predicted molar refractivity (Wildman–Crippen MR) is 61.1 cm³/mol. The molecule has 0 fully saturated rings. The summed E-state index contributed by atoms with van der Waals surface area (Å²) in [7, 11) is 0. The summed E-state index contributed by atoms with van der Waals surface area (Å²) in [6.45, 7) is 2.87. The molecule has 0 bridgehead atoms. The molecule has 0 heterocycles. The number of rotatable bonds is 4. The maximum absolute atomic E-state index is 12.9. The highest BCUT2D eigenvalue weighted by molar-refractivity contribution is 7.80. The van der Waals surface area contributed by atoms with Crippen LogP contribution in [0.5, 0.6) is 0 Å². The molecule has 3 N–H and O–H groups in total. The van der Waals surface area contributed by atoms with Crippen molar-refractivity contribution in [1.82, 2.24) is 0 Å². The van der Waals surface area contributed by atoms with Crippen LogP contribution < -0.4 is 11.1 Å². The molecule has 4 heteroatoms. The van der Waals surface area contributed by atoms with Crippen LogP contribution in [-0.2, 0) is 0 Å². The standard InChI is InChI=1S/C10H13FN2S/c1-2-5-13-9-4-3-7(11)6-8(9)10(12)14/h3-4,6,13H,2,5H2,1H3,(H2,12,14). The van der Waals surface area contributed by atoms with Gasteiger partial charge in [0, 0.05) is 17.8 Å². The van der Waals surface area contributed by atoms with Gasteiger partial charge in [0.15, 0.2) is 0 Å². The Hall–Kier alpha value is -1.16. The van der Waals surface area contributed by atoms with Gasteiger partial charge in [0.05, 0.1) is 0 Å². The summed E-state index contributed by atoms with van der Waals surface area (Å²) in [5.41, 5.74) is 6.84. The molecule has 0 aromatic heterocycles. The summed E-state index contributed by atoms with van der Waals surface area (Å²) in [6, 6.07) is 4.39. The van der Waals surface area contributed by atoms with Crippen LogP contribution in [0.15, 0.2) is 18.2 Å². The van der Waals surface area contributed by atoms with Crippen LogP contribution in [-0.4, -0.2) is 11.5 Å². The highest BCUT2D eigenvalue weighted by Crippen LogP contribution is 2.16. The highest BCUT2D eigenvalue weighted by atomic mass is 32.1. The van der Waals surface area contributed by atoms with Gasteiger partial charge in [-0.05, 0) is 24.6 Å². The van der Waals surface area contributed by atoms with Crippen molar-refractivity contribution in [2.75, 3.05) is 11.9 Å². The van der Waals surface area contributed by atoms with Crippen molar-refractivity contribution in [1.29, 1.82) is 0 Å². The van der Waals surface area contributed by atoms with Crippen LogP contribution in [0, 0.1) is 5.82 Å². The number of hydrogen-bond donors (Lipinski definition) is 2. The van der Waals surface area contributed by atoms with Gasteiger partial charge in [0.1, 0.15) is 10.8 Å². The molecular weight excluding hydrogens is 199 g/mol. The van der Waals surface area contributed by atoms with Crippen LogP contribution >= 0.6 is 12.2 Å². The molecule has 1 aromatic rings. The fourth-order valence-corrected chi connectivity index (χ4v) is 1.30. The summed E-state index contributed by atoms with van der Waals surface area (Å²) in [4.78, 5) is 0.211. The lowest BCUT2D eigenvalue weighted by molar-refractivity contribution is 0.627. The molecule has 0 unspecified atom stereocenters. The average Bonchev–Trinajstić information content (AvgIpc) is 2.15. The lowest BCUT2D eigenvalue weighted by atomic mass is 10.1. The van der Waals surface area contributed by atoms with E-state index in [1.165, 1.54) is 12.1 Å². The predicted octanol–water partition coefficient (Wildman–Crippen LogP) is 2.28. The minimum atomic E-state index is -0.324. The first-order valence-electron chi connectivity index (χ1n) is 4.48. The van der Waals surface area contributed by atoms with E-state index in [2.05, 4.69) is 12.2 Å². The molecule has 0 radical (unpaired) electrons. The summed E-state index contributed by atoms with van der Waals surface area (Å²) in [5.74, 6) is -0.324. The lowest BCUT2D eigenvalue weighted by Crippen LogP contribution is -2.14. The average molecular weight is 212 g/mol. The number of anilines is 1. The van der Waals surface area contributed by atoms with E-state index in [0.717, 1.165) is 18.7 Å². The zero-order chi connectivity index (χ0) is 10.6. The van der Waals surface area contributed by atoms with Crippen LogP contribution in [0.1, 0.15) is 18.9 Å². The Morgan fingerprint density at radius 1 is 1.57 bits per heavy atom. The largest absolute Gasteiger partial charge is 0.389 e. The molecule has 0 spiro atoms. The van der Waals surface area contributed by atoms with Crippen molar-refractivity contribution in [2.24, 2.45) is 5.73 Å². The molecule has 0 aliphatic heterocycles. The van der Waals surface area contributed by atoms with Crippen molar-refractivity contribution in [3.63, 3.8) is 0 Å². The second kappa shape index (κ2) is 4.91. The molecule has 1 aromatic carbocycles. The second-order valence-corrected chi connectivity index (χ2v) is 3.42. The van der Waals surface area contributed by atoms with Crippen LogP contribution in [0.2, 0.25) is 0 Å². The summed E-state index contributed by atoms with van der Waals surface area (Å²) >= 11 is 4.83. The van der Waals surface area contributed by atoms with Crippen molar-refractivity contribution < 1.29 is 4.39 Å². The maximum Gasteiger partial charge on any atom is 0.124 e. The number of nitrogens with one attached hydrogen (secondary N) is 1. The van der Waals surface area contributed by atoms with E-state index >= 15 is 0 Å². The number of nitrogens with two attached hydrogens (primary N) is 1. The number of hydrogen-bond acceptors (Lipinski definition) is 2. The normalized spacial score (nSPS) is 9.86. The van der Waals surface area contributed by atoms with Gasteiger partial charge in [-0.2, -0.15) is 0 Å². The van der Waals surface area contributed by atoms with E-state index in [9.17, 15) is 4.39 Å². The summed E-state index contributed by atoms with van der Waals surface area (Å²) in [6.07, 6.45) is 0.994. The van der Waals surface area contributed by atoms with Crippen LogP contribution in [0.3, 0.4) is 0 Å². The Bertz CT molecular complexity index is 339. The lowest BCUT2D eigenvalue weighted by Gasteiger charge is -2.10. The van der Waals surface area contributed by atoms with Gasteiger partial charge >= 0.3 is 0 Å². The Labute approximate surface area is 88.3 Å². The number of benzene rings is 1. The van der Waals surface area contributed by atoms with Crippen molar-refractivity contribution in [2.45, 2.75) is 13.3 Å². The fourth-order valence-electron chi connectivity index (χ4n) is 1.13. The number of halogens is 1. The quantitative estimate of drug-likeness (QED) is 0.752.